The lowest BCUT2D eigenvalue weighted by molar-refractivity contribution is -0.141. The number of rotatable bonds is 2. The minimum absolute atomic E-state index is 0.0342. The lowest BCUT2D eigenvalue weighted by atomic mass is 9.89. The van der Waals surface area contributed by atoms with E-state index in [1.54, 1.807) is 6.07 Å². The largest absolute Gasteiger partial charge is 0.481 e. The summed E-state index contributed by atoms with van der Waals surface area (Å²) in [5.41, 5.74) is 0.949. The van der Waals surface area contributed by atoms with Gasteiger partial charge in [0.05, 0.1) is 5.92 Å². The van der Waals surface area contributed by atoms with Crippen molar-refractivity contribution in [3.8, 4) is 0 Å². The van der Waals surface area contributed by atoms with E-state index in [0.717, 1.165) is 16.6 Å². The number of benzene rings is 1. The SMILES string of the molecule is CC(C)(C)N1C[C@@H](C(=O)O)[C@H](c2cc(Cl)ccc2Br)C1. The van der Waals surface area contributed by atoms with Crippen molar-refractivity contribution in [1.29, 1.82) is 0 Å². The molecule has 1 aliphatic rings. The average molecular weight is 361 g/mol. The van der Waals surface area contributed by atoms with Crippen LogP contribution in [-0.4, -0.2) is 34.6 Å². The molecule has 1 saturated heterocycles. The Bertz CT molecular complexity index is 527. The molecule has 110 valence electrons. The second-order valence-electron chi connectivity index (χ2n) is 6.29. The van der Waals surface area contributed by atoms with Crippen LogP contribution in [0.1, 0.15) is 32.3 Å². The summed E-state index contributed by atoms with van der Waals surface area (Å²) < 4.78 is 0.925. The maximum absolute atomic E-state index is 11.6. The Balaban J connectivity index is 2.38. The zero-order valence-electron chi connectivity index (χ0n) is 11.9. The van der Waals surface area contributed by atoms with E-state index >= 15 is 0 Å². The van der Waals surface area contributed by atoms with Crippen LogP contribution in [0.25, 0.3) is 0 Å². The van der Waals surface area contributed by atoms with Gasteiger partial charge in [0.2, 0.25) is 0 Å². The first kappa shape index (κ1) is 15.8. The Labute approximate surface area is 133 Å². The fourth-order valence-electron chi connectivity index (χ4n) is 2.72. The molecule has 5 heteroatoms. The van der Waals surface area contributed by atoms with Crippen LogP contribution in [0.4, 0.5) is 0 Å². The predicted octanol–water partition coefficient (Wildman–Crippen LogP) is 4.00. The van der Waals surface area contributed by atoms with Crippen molar-refractivity contribution >= 4 is 33.5 Å². The van der Waals surface area contributed by atoms with Crippen LogP contribution in [-0.2, 0) is 4.79 Å². The highest BCUT2D eigenvalue weighted by atomic mass is 79.9. The lowest BCUT2D eigenvalue weighted by Crippen LogP contribution is -2.40. The standard InChI is InChI=1S/C15H19BrClNO2/c1-15(2,3)18-7-11(12(8-18)14(19)20)10-6-9(17)4-5-13(10)16/h4-6,11-12H,7-8H2,1-3H3,(H,19,20)/t11-,12+/m0/s1. The first-order chi connectivity index (χ1) is 9.20. The molecular formula is C15H19BrClNO2. The second kappa shape index (κ2) is 5.66. The Morgan fingerprint density at radius 1 is 1.40 bits per heavy atom. The number of carboxylic acid groups (broad SMARTS) is 1. The predicted molar refractivity (Wildman–Crippen MR) is 84.3 cm³/mol. The third kappa shape index (κ3) is 3.18. The highest BCUT2D eigenvalue weighted by molar-refractivity contribution is 9.10. The summed E-state index contributed by atoms with van der Waals surface area (Å²) >= 11 is 9.58. The zero-order valence-corrected chi connectivity index (χ0v) is 14.2. The number of hydrogen-bond donors (Lipinski definition) is 1. The van der Waals surface area contributed by atoms with E-state index in [4.69, 9.17) is 11.6 Å². The molecule has 0 radical (unpaired) electrons. The maximum atomic E-state index is 11.6. The van der Waals surface area contributed by atoms with E-state index < -0.39 is 11.9 Å². The molecule has 1 heterocycles. The maximum Gasteiger partial charge on any atom is 0.308 e. The Morgan fingerprint density at radius 3 is 2.60 bits per heavy atom. The van der Waals surface area contributed by atoms with Gasteiger partial charge in [0.1, 0.15) is 0 Å². The summed E-state index contributed by atoms with van der Waals surface area (Å²) in [6, 6.07) is 5.57. The molecular weight excluding hydrogens is 342 g/mol. The molecule has 0 amide bonds. The van der Waals surface area contributed by atoms with Gasteiger partial charge in [0.25, 0.3) is 0 Å². The highest BCUT2D eigenvalue weighted by Gasteiger charge is 2.42. The van der Waals surface area contributed by atoms with Crippen LogP contribution in [0.2, 0.25) is 5.02 Å². The van der Waals surface area contributed by atoms with Gasteiger partial charge in [-0.1, -0.05) is 27.5 Å². The summed E-state index contributed by atoms with van der Waals surface area (Å²) in [6.07, 6.45) is 0. The molecule has 0 saturated carbocycles. The summed E-state index contributed by atoms with van der Waals surface area (Å²) in [5.74, 6) is -1.18. The monoisotopic (exact) mass is 359 g/mol. The van der Waals surface area contributed by atoms with Crippen molar-refractivity contribution in [2.75, 3.05) is 13.1 Å². The first-order valence-electron chi connectivity index (χ1n) is 6.63. The lowest BCUT2D eigenvalue weighted by Gasteiger charge is -2.31. The summed E-state index contributed by atoms with van der Waals surface area (Å²) in [6.45, 7) is 7.64. The summed E-state index contributed by atoms with van der Waals surface area (Å²) in [7, 11) is 0. The smallest absolute Gasteiger partial charge is 0.308 e. The molecule has 1 aromatic rings. The van der Waals surface area contributed by atoms with E-state index in [9.17, 15) is 9.90 Å². The van der Waals surface area contributed by atoms with Crippen LogP contribution >= 0.6 is 27.5 Å². The number of likely N-dealkylation sites (tertiary alicyclic amines) is 1. The van der Waals surface area contributed by atoms with E-state index in [1.807, 2.05) is 12.1 Å². The van der Waals surface area contributed by atoms with Crippen molar-refractivity contribution in [3.05, 3.63) is 33.3 Å². The first-order valence-corrected chi connectivity index (χ1v) is 7.80. The van der Waals surface area contributed by atoms with Crippen molar-refractivity contribution in [3.63, 3.8) is 0 Å². The number of carboxylic acids is 1. The third-order valence-corrected chi connectivity index (χ3v) is 4.90. The number of nitrogens with zero attached hydrogens (tertiary/aromatic N) is 1. The van der Waals surface area contributed by atoms with Crippen LogP contribution in [0, 0.1) is 5.92 Å². The van der Waals surface area contributed by atoms with Crippen LogP contribution in [0.15, 0.2) is 22.7 Å². The van der Waals surface area contributed by atoms with E-state index in [-0.39, 0.29) is 11.5 Å². The second-order valence-corrected chi connectivity index (χ2v) is 7.58. The highest BCUT2D eigenvalue weighted by Crippen LogP contribution is 2.40. The topological polar surface area (TPSA) is 40.5 Å². The fourth-order valence-corrected chi connectivity index (χ4v) is 3.44. The molecule has 20 heavy (non-hydrogen) atoms. The molecule has 0 spiro atoms. The molecule has 0 aromatic heterocycles. The summed E-state index contributed by atoms with van der Waals surface area (Å²) in [4.78, 5) is 13.8. The van der Waals surface area contributed by atoms with E-state index in [0.29, 0.717) is 11.6 Å². The Kier molecular flexibility index (Phi) is 4.47. The van der Waals surface area contributed by atoms with Gasteiger partial charge in [-0.05, 0) is 44.5 Å². The molecule has 1 fully saturated rings. The minimum atomic E-state index is -0.742. The molecule has 1 aromatic carbocycles. The number of carbonyl (C=O) groups is 1. The van der Waals surface area contributed by atoms with E-state index in [1.165, 1.54) is 0 Å². The van der Waals surface area contributed by atoms with Crippen molar-refractivity contribution in [1.82, 2.24) is 4.90 Å². The molecule has 3 nitrogen and oxygen atoms in total. The van der Waals surface area contributed by atoms with Crippen LogP contribution < -0.4 is 0 Å². The van der Waals surface area contributed by atoms with Crippen LogP contribution in [0.3, 0.4) is 0 Å². The minimum Gasteiger partial charge on any atom is -0.481 e. The fraction of sp³-hybridized carbons (Fsp3) is 0.533. The average Bonchev–Trinajstić information content (AvgIpc) is 2.77. The third-order valence-electron chi connectivity index (χ3n) is 3.94. The van der Waals surface area contributed by atoms with Crippen molar-refractivity contribution in [2.45, 2.75) is 32.2 Å². The molecule has 0 aliphatic carbocycles. The van der Waals surface area contributed by atoms with Gasteiger partial charge in [-0.3, -0.25) is 9.69 Å². The Morgan fingerprint density at radius 2 is 2.05 bits per heavy atom. The van der Waals surface area contributed by atoms with Gasteiger partial charge >= 0.3 is 5.97 Å². The van der Waals surface area contributed by atoms with Gasteiger partial charge in [0, 0.05) is 34.0 Å². The van der Waals surface area contributed by atoms with Crippen molar-refractivity contribution < 1.29 is 9.90 Å². The molecule has 1 aliphatic heterocycles. The molecule has 2 atom stereocenters. The molecule has 0 unspecified atom stereocenters. The van der Waals surface area contributed by atoms with Gasteiger partial charge in [0.15, 0.2) is 0 Å². The number of hydrogen-bond acceptors (Lipinski definition) is 2. The van der Waals surface area contributed by atoms with E-state index in [2.05, 4.69) is 41.6 Å². The Hall–Kier alpha value is -0.580. The van der Waals surface area contributed by atoms with Crippen molar-refractivity contribution in [2.24, 2.45) is 5.92 Å². The number of aliphatic carboxylic acids is 1. The van der Waals surface area contributed by atoms with Gasteiger partial charge in [-0.25, -0.2) is 0 Å². The molecule has 0 bridgehead atoms. The zero-order chi connectivity index (χ0) is 15.1. The van der Waals surface area contributed by atoms with Crippen LogP contribution in [0.5, 0.6) is 0 Å². The number of halogens is 2. The van der Waals surface area contributed by atoms with Gasteiger partial charge in [-0.2, -0.15) is 0 Å². The normalized spacial score (nSPS) is 24.1. The molecule has 2 rings (SSSR count). The summed E-state index contributed by atoms with van der Waals surface area (Å²) in [5, 5.41) is 10.2. The quantitative estimate of drug-likeness (QED) is 0.866. The molecule has 1 N–H and O–H groups in total. The van der Waals surface area contributed by atoms with Gasteiger partial charge < -0.3 is 5.11 Å². The van der Waals surface area contributed by atoms with Gasteiger partial charge in [-0.15, -0.1) is 0 Å².